The number of ether oxygens (including phenoxy) is 1. The van der Waals surface area contributed by atoms with Gasteiger partial charge in [-0.25, -0.2) is 8.78 Å². The molecule has 0 radical (unpaired) electrons. The van der Waals surface area contributed by atoms with Crippen LogP contribution in [-0.4, -0.2) is 51.2 Å². The van der Waals surface area contributed by atoms with E-state index in [1.807, 2.05) is 6.92 Å². The Bertz CT molecular complexity index is 241. The van der Waals surface area contributed by atoms with Gasteiger partial charge in [-0.15, -0.1) is 0 Å². The van der Waals surface area contributed by atoms with Gasteiger partial charge in [0.25, 0.3) is 0 Å². The van der Waals surface area contributed by atoms with E-state index in [2.05, 4.69) is 10.6 Å². The SMILES string of the molecule is CCCNC1COCC1CNCC(F)(F)C(F)F. The highest BCUT2D eigenvalue weighted by Crippen LogP contribution is 2.21. The molecule has 108 valence electrons. The molecule has 1 saturated heterocycles. The minimum absolute atomic E-state index is 0.0463. The number of hydrogen-bond acceptors (Lipinski definition) is 3. The van der Waals surface area contributed by atoms with Crippen LogP contribution in [0.5, 0.6) is 0 Å². The predicted octanol–water partition coefficient (Wildman–Crippen LogP) is 1.49. The van der Waals surface area contributed by atoms with Gasteiger partial charge in [0.05, 0.1) is 19.8 Å². The summed E-state index contributed by atoms with van der Waals surface area (Å²) in [5, 5.41) is 5.66. The van der Waals surface area contributed by atoms with E-state index in [0.717, 1.165) is 13.0 Å². The van der Waals surface area contributed by atoms with Gasteiger partial charge in [0.2, 0.25) is 0 Å². The Labute approximate surface area is 104 Å². The second-order valence-corrected chi connectivity index (χ2v) is 4.55. The van der Waals surface area contributed by atoms with E-state index in [4.69, 9.17) is 4.74 Å². The number of nitrogens with one attached hydrogen (secondary N) is 2. The summed E-state index contributed by atoms with van der Waals surface area (Å²) in [5.41, 5.74) is 0. The van der Waals surface area contributed by atoms with Crippen molar-refractivity contribution in [3.8, 4) is 0 Å². The third-order valence-corrected chi connectivity index (χ3v) is 2.94. The Kier molecular flexibility index (Phi) is 6.31. The minimum atomic E-state index is -3.97. The summed E-state index contributed by atoms with van der Waals surface area (Å²) in [5.74, 6) is -3.92. The molecule has 1 rings (SSSR count). The highest BCUT2D eigenvalue weighted by Gasteiger charge is 2.40. The van der Waals surface area contributed by atoms with E-state index in [1.165, 1.54) is 0 Å². The summed E-state index contributed by atoms with van der Waals surface area (Å²) in [6.45, 7) is 3.12. The maximum absolute atomic E-state index is 12.7. The van der Waals surface area contributed by atoms with Gasteiger partial charge in [-0.2, -0.15) is 8.78 Å². The average Bonchev–Trinajstić information content (AvgIpc) is 2.73. The van der Waals surface area contributed by atoms with Crippen molar-refractivity contribution in [1.82, 2.24) is 10.6 Å². The van der Waals surface area contributed by atoms with Gasteiger partial charge in [0.1, 0.15) is 0 Å². The lowest BCUT2D eigenvalue weighted by Crippen LogP contribution is -2.44. The Morgan fingerprint density at radius 2 is 2.06 bits per heavy atom. The van der Waals surface area contributed by atoms with Crippen molar-refractivity contribution in [1.29, 1.82) is 0 Å². The Balaban J connectivity index is 2.25. The third-order valence-electron chi connectivity index (χ3n) is 2.94. The zero-order valence-electron chi connectivity index (χ0n) is 10.4. The lowest BCUT2D eigenvalue weighted by atomic mass is 10.0. The van der Waals surface area contributed by atoms with Crippen LogP contribution in [0.3, 0.4) is 0 Å². The molecule has 0 aliphatic carbocycles. The number of rotatable bonds is 8. The maximum Gasteiger partial charge on any atom is 0.319 e. The molecule has 0 aromatic carbocycles. The van der Waals surface area contributed by atoms with E-state index >= 15 is 0 Å². The van der Waals surface area contributed by atoms with Crippen LogP contribution in [0.25, 0.3) is 0 Å². The molecule has 3 nitrogen and oxygen atoms in total. The first kappa shape index (κ1) is 15.7. The molecule has 0 bridgehead atoms. The van der Waals surface area contributed by atoms with Crippen LogP contribution in [0.2, 0.25) is 0 Å². The fraction of sp³-hybridized carbons (Fsp3) is 1.00. The molecule has 1 heterocycles. The summed E-state index contributed by atoms with van der Waals surface area (Å²) in [6.07, 6.45) is -2.65. The molecule has 7 heteroatoms. The molecule has 2 unspecified atom stereocenters. The van der Waals surface area contributed by atoms with Crippen molar-refractivity contribution in [2.75, 3.05) is 32.8 Å². The van der Waals surface area contributed by atoms with Crippen LogP contribution in [0.15, 0.2) is 0 Å². The van der Waals surface area contributed by atoms with Gasteiger partial charge >= 0.3 is 12.3 Å². The Morgan fingerprint density at radius 3 is 2.67 bits per heavy atom. The summed E-state index contributed by atoms with van der Waals surface area (Å²) in [7, 11) is 0. The average molecular weight is 272 g/mol. The second-order valence-electron chi connectivity index (χ2n) is 4.55. The molecule has 1 fully saturated rings. The Hall–Kier alpha value is -0.400. The van der Waals surface area contributed by atoms with E-state index in [9.17, 15) is 17.6 Å². The summed E-state index contributed by atoms with van der Waals surface area (Å²) in [4.78, 5) is 0. The van der Waals surface area contributed by atoms with Crippen LogP contribution in [0.1, 0.15) is 13.3 Å². The van der Waals surface area contributed by atoms with Crippen molar-refractivity contribution in [3.63, 3.8) is 0 Å². The van der Waals surface area contributed by atoms with Gasteiger partial charge in [0.15, 0.2) is 0 Å². The molecular weight excluding hydrogens is 252 g/mol. The molecule has 2 N–H and O–H groups in total. The third kappa shape index (κ3) is 4.70. The van der Waals surface area contributed by atoms with Crippen molar-refractivity contribution < 1.29 is 22.3 Å². The van der Waals surface area contributed by atoms with E-state index in [-0.39, 0.29) is 18.5 Å². The standard InChI is InChI=1S/C11H20F4N2O/c1-2-3-17-9-6-18-5-8(9)4-16-7-11(14,15)10(12)13/h8-10,16-17H,2-7H2,1H3. The largest absolute Gasteiger partial charge is 0.379 e. The van der Waals surface area contributed by atoms with Crippen LogP contribution in [0.4, 0.5) is 17.6 Å². The van der Waals surface area contributed by atoms with Crippen molar-refractivity contribution in [2.24, 2.45) is 5.92 Å². The van der Waals surface area contributed by atoms with Gasteiger partial charge in [0, 0.05) is 18.5 Å². The molecule has 0 amide bonds. The van der Waals surface area contributed by atoms with Crippen LogP contribution < -0.4 is 10.6 Å². The molecule has 0 spiro atoms. The van der Waals surface area contributed by atoms with Gasteiger partial charge in [-0.1, -0.05) is 6.92 Å². The first-order valence-electron chi connectivity index (χ1n) is 6.15. The molecule has 1 aliphatic heterocycles. The molecule has 0 aromatic heterocycles. The topological polar surface area (TPSA) is 33.3 Å². The summed E-state index contributed by atoms with van der Waals surface area (Å²) >= 11 is 0. The van der Waals surface area contributed by atoms with Gasteiger partial charge in [-0.05, 0) is 13.0 Å². The second kappa shape index (κ2) is 7.25. The molecule has 0 aromatic rings. The normalized spacial score (nSPS) is 25.0. The maximum atomic E-state index is 12.7. The zero-order valence-corrected chi connectivity index (χ0v) is 10.4. The summed E-state index contributed by atoms with van der Waals surface area (Å²) in [6, 6.07) is 0.109. The molecular formula is C11H20F4N2O. The highest BCUT2D eigenvalue weighted by molar-refractivity contribution is 4.83. The first-order valence-corrected chi connectivity index (χ1v) is 6.15. The Morgan fingerprint density at radius 1 is 1.33 bits per heavy atom. The van der Waals surface area contributed by atoms with Gasteiger partial charge < -0.3 is 15.4 Å². The highest BCUT2D eigenvalue weighted by atomic mass is 19.3. The number of alkyl halides is 4. The lowest BCUT2D eigenvalue weighted by Gasteiger charge is -2.21. The number of hydrogen-bond donors (Lipinski definition) is 2. The van der Waals surface area contributed by atoms with Crippen LogP contribution >= 0.6 is 0 Å². The van der Waals surface area contributed by atoms with E-state index in [0.29, 0.717) is 13.2 Å². The monoisotopic (exact) mass is 272 g/mol. The van der Waals surface area contributed by atoms with Crippen LogP contribution in [-0.2, 0) is 4.74 Å². The van der Waals surface area contributed by atoms with Crippen LogP contribution in [0, 0.1) is 5.92 Å². The molecule has 0 saturated carbocycles. The molecule has 1 aliphatic rings. The predicted molar refractivity (Wildman–Crippen MR) is 60.2 cm³/mol. The van der Waals surface area contributed by atoms with Gasteiger partial charge in [-0.3, -0.25) is 0 Å². The lowest BCUT2D eigenvalue weighted by molar-refractivity contribution is -0.125. The van der Waals surface area contributed by atoms with E-state index in [1.54, 1.807) is 0 Å². The fourth-order valence-electron chi connectivity index (χ4n) is 1.86. The van der Waals surface area contributed by atoms with Crippen molar-refractivity contribution in [3.05, 3.63) is 0 Å². The molecule has 2 atom stereocenters. The van der Waals surface area contributed by atoms with E-state index < -0.39 is 18.9 Å². The number of halogens is 4. The fourth-order valence-corrected chi connectivity index (χ4v) is 1.86. The molecule has 18 heavy (non-hydrogen) atoms. The minimum Gasteiger partial charge on any atom is -0.379 e. The van der Waals surface area contributed by atoms with Crippen molar-refractivity contribution >= 4 is 0 Å². The summed E-state index contributed by atoms with van der Waals surface area (Å²) < 4.78 is 54.4. The van der Waals surface area contributed by atoms with Crippen molar-refractivity contribution in [2.45, 2.75) is 31.7 Å². The zero-order chi connectivity index (χ0) is 13.6. The quantitative estimate of drug-likeness (QED) is 0.657. The first-order chi connectivity index (χ1) is 8.47. The smallest absolute Gasteiger partial charge is 0.319 e.